The average molecular weight is 178 g/mol. The van der Waals surface area contributed by atoms with Gasteiger partial charge >= 0.3 is 0 Å². The highest BCUT2D eigenvalue weighted by Gasteiger charge is 2.41. The first-order chi connectivity index (χ1) is 4.86. The number of rotatable bonds is 0. The van der Waals surface area contributed by atoms with Gasteiger partial charge < -0.3 is 4.74 Å². The summed E-state index contributed by atoms with van der Waals surface area (Å²) >= 11 is 6.15. The van der Waals surface area contributed by atoms with Crippen molar-refractivity contribution in [3.8, 4) is 0 Å². The molecular formula is C8H16ClNO. The molecular weight excluding hydrogens is 162 g/mol. The van der Waals surface area contributed by atoms with Crippen LogP contribution in [0.15, 0.2) is 0 Å². The molecule has 0 aromatic heterocycles. The van der Waals surface area contributed by atoms with Crippen molar-refractivity contribution in [1.82, 2.24) is 4.42 Å². The highest BCUT2D eigenvalue weighted by molar-refractivity contribution is 6.14. The van der Waals surface area contributed by atoms with Gasteiger partial charge in [-0.25, -0.2) is 4.42 Å². The van der Waals surface area contributed by atoms with Gasteiger partial charge in [-0.15, -0.1) is 0 Å². The van der Waals surface area contributed by atoms with Gasteiger partial charge in [0.1, 0.15) is 0 Å². The molecule has 0 spiro atoms. The Bertz CT molecular complexity index is 140. The van der Waals surface area contributed by atoms with Crippen molar-refractivity contribution in [2.24, 2.45) is 0 Å². The van der Waals surface area contributed by atoms with Crippen LogP contribution in [0.25, 0.3) is 0 Å². The van der Waals surface area contributed by atoms with Crippen LogP contribution in [0.3, 0.4) is 0 Å². The van der Waals surface area contributed by atoms with Gasteiger partial charge in [0.2, 0.25) is 0 Å². The summed E-state index contributed by atoms with van der Waals surface area (Å²) in [5.74, 6) is 0. The van der Waals surface area contributed by atoms with E-state index in [-0.39, 0.29) is 11.1 Å². The predicted molar refractivity (Wildman–Crippen MR) is 46.7 cm³/mol. The Balaban J connectivity index is 2.76. The Morgan fingerprint density at radius 2 is 1.45 bits per heavy atom. The van der Waals surface area contributed by atoms with E-state index < -0.39 is 0 Å². The van der Waals surface area contributed by atoms with Crippen LogP contribution in [0, 0.1) is 0 Å². The number of halogens is 1. The fourth-order valence-corrected chi connectivity index (χ4v) is 1.58. The first kappa shape index (κ1) is 9.30. The summed E-state index contributed by atoms with van der Waals surface area (Å²) in [5, 5.41) is 0. The highest BCUT2D eigenvalue weighted by atomic mass is 35.5. The quantitative estimate of drug-likeness (QED) is 0.525. The van der Waals surface area contributed by atoms with Crippen molar-refractivity contribution in [2.45, 2.75) is 38.8 Å². The van der Waals surface area contributed by atoms with Crippen LogP contribution >= 0.6 is 11.8 Å². The number of hydrogen-bond donors (Lipinski definition) is 0. The van der Waals surface area contributed by atoms with E-state index >= 15 is 0 Å². The molecule has 0 radical (unpaired) electrons. The number of hydrogen-bond acceptors (Lipinski definition) is 2. The molecule has 0 atom stereocenters. The number of ether oxygens (including phenoxy) is 1. The molecule has 1 heterocycles. The molecule has 1 rings (SSSR count). The summed E-state index contributed by atoms with van der Waals surface area (Å²) in [7, 11) is 0. The zero-order valence-corrected chi connectivity index (χ0v) is 8.40. The molecule has 0 aromatic carbocycles. The maximum Gasteiger partial charge on any atom is 0.0659 e. The predicted octanol–water partition coefficient (Wildman–Crippen LogP) is 2.03. The van der Waals surface area contributed by atoms with Gasteiger partial charge in [-0.05, 0) is 39.5 Å². The molecule has 1 aliphatic heterocycles. The Morgan fingerprint density at radius 1 is 1.09 bits per heavy atom. The topological polar surface area (TPSA) is 12.5 Å². The maximum absolute atomic E-state index is 6.15. The number of nitrogens with zero attached hydrogens (tertiary/aromatic N) is 1. The molecule has 1 saturated heterocycles. The third-order valence-corrected chi connectivity index (χ3v) is 2.89. The molecule has 0 unspecified atom stereocenters. The van der Waals surface area contributed by atoms with Crippen LogP contribution < -0.4 is 0 Å². The zero-order chi connectivity index (χ0) is 8.70. The van der Waals surface area contributed by atoms with E-state index in [4.69, 9.17) is 16.5 Å². The van der Waals surface area contributed by atoms with Crippen molar-refractivity contribution in [1.29, 1.82) is 0 Å². The fourth-order valence-electron chi connectivity index (χ4n) is 1.48. The highest BCUT2D eigenvalue weighted by Crippen LogP contribution is 2.32. The largest absolute Gasteiger partial charge is 0.378 e. The fraction of sp³-hybridized carbons (Fsp3) is 1.00. The summed E-state index contributed by atoms with van der Waals surface area (Å²) in [4.78, 5) is 0. The van der Waals surface area contributed by atoms with E-state index in [0.717, 1.165) is 0 Å². The average Bonchev–Trinajstić information content (AvgIpc) is 1.82. The lowest BCUT2D eigenvalue weighted by Crippen LogP contribution is -2.58. The lowest BCUT2D eigenvalue weighted by Gasteiger charge is -2.47. The summed E-state index contributed by atoms with van der Waals surface area (Å²) < 4.78 is 7.31. The molecule has 1 fully saturated rings. The third kappa shape index (κ3) is 1.68. The van der Waals surface area contributed by atoms with Gasteiger partial charge in [-0.3, -0.25) is 0 Å². The third-order valence-electron chi connectivity index (χ3n) is 1.97. The summed E-state index contributed by atoms with van der Waals surface area (Å²) in [5.41, 5.74) is -0.105. The van der Waals surface area contributed by atoms with Crippen molar-refractivity contribution >= 4 is 11.8 Å². The minimum Gasteiger partial charge on any atom is -0.378 e. The maximum atomic E-state index is 6.15. The van der Waals surface area contributed by atoms with Crippen LogP contribution in [0.2, 0.25) is 0 Å². The monoisotopic (exact) mass is 177 g/mol. The molecule has 0 amide bonds. The van der Waals surface area contributed by atoms with Crippen LogP contribution in [-0.2, 0) is 4.74 Å². The minimum atomic E-state index is -0.0523. The van der Waals surface area contributed by atoms with E-state index in [1.54, 1.807) is 0 Å². The second-order valence-electron chi connectivity index (χ2n) is 4.40. The summed E-state index contributed by atoms with van der Waals surface area (Å²) in [6, 6.07) is 0. The number of morpholine rings is 1. The van der Waals surface area contributed by atoms with Gasteiger partial charge in [0, 0.05) is 0 Å². The van der Waals surface area contributed by atoms with Gasteiger partial charge in [-0.1, -0.05) is 0 Å². The van der Waals surface area contributed by atoms with E-state index in [0.29, 0.717) is 13.2 Å². The Labute approximate surface area is 73.6 Å². The van der Waals surface area contributed by atoms with Crippen molar-refractivity contribution in [3.63, 3.8) is 0 Å². The van der Waals surface area contributed by atoms with Crippen molar-refractivity contribution in [2.75, 3.05) is 13.2 Å². The lowest BCUT2D eigenvalue weighted by molar-refractivity contribution is -0.0792. The molecule has 66 valence electrons. The van der Waals surface area contributed by atoms with E-state index in [1.807, 2.05) is 4.42 Å². The Kier molecular flexibility index (Phi) is 2.21. The normalized spacial score (nSPS) is 30.3. The molecule has 2 nitrogen and oxygen atoms in total. The molecule has 0 N–H and O–H groups in total. The summed E-state index contributed by atoms with van der Waals surface area (Å²) in [6.45, 7) is 9.75. The molecule has 3 heteroatoms. The SMILES string of the molecule is CC1(C)COCC(C)(C)N1Cl. The Morgan fingerprint density at radius 3 is 1.73 bits per heavy atom. The van der Waals surface area contributed by atoms with Crippen LogP contribution in [0.4, 0.5) is 0 Å². The molecule has 0 bridgehead atoms. The minimum absolute atomic E-state index is 0.0523. The standard InChI is InChI=1S/C8H16ClNO/c1-7(2)5-11-6-8(3,4)10(7)9/h5-6H2,1-4H3. The molecule has 11 heavy (non-hydrogen) atoms. The van der Waals surface area contributed by atoms with Crippen LogP contribution in [0.1, 0.15) is 27.7 Å². The van der Waals surface area contributed by atoms with E-state index in [9.17, 15) is 0 Å². The second-order valence-corrected chi connectivity index (χ2v) is 4.74. The molecule has 0 aliphatic carbocycles. The zero-order valence-electron chi connectivity index (χ0n) is 7.65. The molecule has 1 aliphatic rings. The van der Waals surface area contributed by atoms with Gasteiger partial charge in [0.05, 0.1) is 24.3 Å². The smallest absolute Gasteiger partial charge is 0.0659 e. The molecule has 0 saturated carbocycles. The van der Waals surface area contributed by atoms with Crippen LogP contribution in [-0.4, -0.2) is 28.7 Å². The van der Waals surface area contributed by atoms with E-state index in [1.165, 1.54) is 0 Å². The van der Waals surface area contributed by atoms with Crippen molar-refractivity contribution in [3.05, 3.63) is 0 Å². The van der Waals surface area contributed by atoms with Gasteiger partial charge in [0.15, 0.2) is 0 Å². The first-order valence-corrected chi connectivity index (χ1v) is 4.24. The van der Waals surface area contributed by atoms with Crippen LogP contribution in [0.5, 0.6) is 0 Å². The van der Waals surface area contributed by atoms with E-state index in [2.05, 4.69) is 27.7 Å². The lowest BCUT2D eigenvalue weighted by atomic mass is 9.96. The van der Waals surface area contributed by atoms with Gasteiger partial charge in [-0.2, -0.15) is 0 Å². The van der Waals surface area contributed by atoms with Gasteiger partial charge in [0.25, 0.3) is 0 Å². The second kappa shape index (κ2) is 2.61. The summed E-state index contributed by atoms with van der Waals surface area (Å²) in [6.07, 6.45) is 0. The Hall–Kier alpha value is 0.210. The van der Waals surface area contributed by atoms with Crippen molar-refractivity contribution < 1.29 is 4.74 Å². The molecule has 0 aromatic rings. The first-order valence-electron chi connectivity index (χ1n) is 3.90.